The summed E-state index contributed by atoms with van der Waals surface area (Å²) in [7, 11) is 0. The van der Waals surface area contributed by atoms with Crippen molar-refractivity contribution in [1.29, 1.82) is 0 Å². The molecule has 0 aliphatic heterocycles. The van der Waals surface area contributed by atoms with Gasteiger partial charge in [-0.05, 0) is 126 Å². The van der Waals surface area contributed by atoms with E-state index in [1.807, 2.05) is 0 Å². The highest BCUT2D eigenvalue weighted by Crippen LogP contribution is 2.47. The molecule has 3 aromatic rings. The Balaban J connectivity index is 1.35. The molecule has 46 heavy (non-hydrogen) atoms. The van der Waals surface area contributed by atoms with Crippen LogP contribution in [0.3, 0.4) is 0 Å². The van der Waals surface area contributed by atoms with Crippen LogP contribution in [0.1, 0.15) is 69.2 Å². The Morgan fingerprint density at radius 2 is 1.57 bits per heavy atom. The molecule has 1 aromatic heterocycles. The molecule has 5 aliphatic rings. The Morgan fingerprint density at radius 3 is 2.41 bits per heavy atom. The van der Waals surface area contributed by atoms with Crippen molar-refractivity contribution >= 4 is 16.7 Å². The maximum absolute atomic E-state index is 5.27. The van der Waals surface area contributed by atoms with Crippen molar-refractivity contribution < 1.29 is 0 Å². The summed E-state index contributed by atoms with van der Waals surface area (Å²) in [4.78, 5) is 10.4. The average molecular weight is 597 g/mol. The first-order chi connectivity index (χ1) is 22.6. The van der Waals surface area contributed by atoms with Gasteiger partial charge in [0.25, 0.3) is 0 Å². The van der Waals surface area contributed by atoms with E-state index in [4.69, 9.17) is 9.97 Å². The first-order valence-corrected chi connectivity index (χ1v) is 16.9. The molecular formula is C44H40N2. The zero-order valence-corrected chi connectivity index (χ0v) is 26.8. The standard InChI is InChI=1S/C44H40N2/c1-29-21-22-37(30(2)23-29)34-24-35(41-27-33-17-9-10-18-38(33)39-19-11-12-20-40(39)41)26-36(25-34)43-28-42(31-13-5-3-6-14-31)45-44(46-43)32-15-7-4-8-16-32/h3-5,7-11,13,15-19,22-26,28-29,33H,6,12,14,20-21,27H2,1-2H3. The van der Waals surface area contributed by atoms with Gasteiger partial charge >= 0.3 is 0 Å². The van der Waals surface area contributed by atoms with Gasteiger partial charge in [0.1, 0.15) is 0 Å². The van der Waals surface area contributed by atoms with Crippen molar-refractivity contribution in [2.75, 3.05) is 0 Å². The number of rotatable bonds is 5. The molecule has 0 fully saturated rings. The van der Waals surface area contributed by atoms with Crippen molar-refractivity contribution in [2.24, 2.45) is 11.8 Å². The highest BCUT2D eigenvalue weighted by atomic mass is 14.9. The van der Waals surface area contributed by atoms with Crippen LogP contribution in [0.4, 0.5) is 0 Å². The molecular weight excluding hydrogens is 556 g/mol. The fourth-order valence-corrected chi connectivity index (χ4v) is 7.73. The minimum atomic E-state index is 0.409. The highest BCUT2D eigenvalue weighted by molar-refractivity contribution is 5.87. The second-order valence-corrected chi connectivity index (χ2v) is 13.3. The lowest BCUT2D eigenvalue weighted by Crippen LogP contribution is -2.15. The van der Waals surface area contributed by atoms with Crippen molar-refractivity contribution in [3.63, 3.8) is 0 Å². The fourth-order valence-electron chi connectivity index (χ4n) is 7.73. The maximum atomic E-state index is 5.27. The quantitative estimate of drug-likeness (QED) is 0.293. The molecule has 2 atom stereocenters. The molecule has 0 saturated carbocycles. The second kappa shape index (κ2) is 12.2. The van der Waals surface area contributed by atoms with Crippen LogP contribution < -0.4 is 0 Å². The second-order valence-electron chi connectivity index (χ2n) is 13.3. The van der Waals surface area contributed by atoms with Crippen LogP contribution in [0.15, 0.2) is 144 Å². The van der Waals surface area contributed by atoms with Gasteiger partial charge in [-0.25, -0.2) is 9.97 Å². The van der Waals surface area contributed by atoms with Gasteiger partial charge in [0.2, 0.25) is 0 Å². The Morgan fingerprint density at radius 1 is 0.739 bits per heavy atom. The third kappa shape index (κ3) is 5.47. The minimum absolute atomic E-state index is 0.409. The first-order valence-electron chi connectivity index (χ1n) is 16.9. The Labute approximate surface area is 273 Å². The van der Waals surface area contributed by atoms with Gasteiger partial charge in [-0.3, -0.25) is 0 Å². The van der Waals surface area contributed by atoms with Crippen LogP contribution in [-0.2, 0) is 0 Å². The summed E-state index contributed by atoms with van der Waals surface area (Å²) in [6.45, 7) is 4.58. The summed E-state index contributed by atoms with van der Waals surface area (Å²) in [5.41, 5.74) is 16.7. The molecule has 0 bridgehead atoms. The van der Waals surface area contributed by atoms with E-state index in [2.05, 4.69) is 135 Å². The van der Waals surface area contributed by atoms with Crippen LogP contribution >= 0.6 is 0 Å². The van der Waals surface area contributed by atoms with E-state index in [1.165, 1.54) is 50.1 Å². The molecule has 2 aromatic carbocycles. The monoisotopic (exact) mass is 596 g/mol. The first kappa shape index (κ1) is 28.6. The predicted molar refractivity (Wildman–Crippen MR) is 193 cm³/mol. The van der Waals surface area contributed by atoms with E-state index in [-0.39, 0.29) is 0 Å². The zero-order valence-electron chi connectivity index (χ0n) is 26.8. The molecule has 2 heteroatoms. The minimum Gasteiger partial charge on any atom is -0.228 e. The van der Waals surface area contributed by atoms with Crippen LogP contribution in [0, 0.1) is 11.8 Å². The topological polar surface area (TPSA) is 25.8 Å². The summed E-state index contributed by atoms with van der Waals surface area (Å²) >= 11 is 0. The predicted octanol–water partition coefficient (Wildman–Crippen LogP) is 11.5. The molecule has 0 radical (unpaired) electrons. The smallest absolute Gasteiger partial charge is 0.160 e. The van der Waals surface area contributed by atoms with Crippen molar-refractivity contribution in [3.8, 4) is 22.6 Å². The molecule has 5 aliphatic carbocycles. The summed E-state index contributed by atoms with van der Waals surface area (Å²) < 4.78 is 0. The van der Waals surface area contributed by atoms with E-state index in [0.29, 0.717) is 11.8 Å². The molecule has 8 rings (SSSR count). The summed E-state index contributed by atoms with van der Waals surface area (Å²) in [6.07, 6.45) is 31.7. The van der Waals surface area contributed by atoms with Crippen molar-refractivity contribution in [1.82, 2.24) is 9.97 Å². The third-order valence-corrected chi connectivity index (χ3v) is 10.0. The summed E-state index contributed by atoms with van der Waals surface area (Å²) in [6, 6.07) is 19.9. The number of nitrogens with zero attached hydrogens (tertiary/aromatic N) is 2. The van der Waals surface area contributed by atoms with Gasteiger partial charge in [-0.2, -0.15) is 0 Å². The van der Waals surface area contributed by atoms with Crippen LogP contribution in [0.2, 0.25) is 0 Å². The number of fused-ring (bicyclic) bond motifs is 2. The fraction of sp³-hybridized carbons (Fsp3) is 0.227. The molecule has 1 heterocycles. The number of aromatic nitrogens is 2. The van der Waals surface area contributed by atoms with Gasteiger partial charge in [0, 0.05) is 17.0 Å². The number of hydrogen-bond acceptors (Lipinski definition) is 2. The molecule has 2 unspecified atom stereocenters. The lowest BCUT2D eigenvalue weighted by molar-refractivity contribution is 0.732. The van der Waals surface area contributed by atoms with Gasteiger partial charge in [0.15, 0.2) is 5.82 Å². The van der Waals surface area contributed by atoms with Crippen LogP contribution in [0.25, 0.3) is 39.4 Å². The number of benzene rings is 2. The normalized spacial score (nSPS) is 21.9. The maximum Gasteiger partial charge on any atom is 0.160 e. The van der Waals surface area contributed by atoms with Gasteiger partial charge < -0.3 is 0 Å². The lowest BCUT2D eigenvalue weighted by atomic mass is 9.72. The Hall–Kier alpha value is -4.82. The van der Waals surface area contributed by atoms with Crippen molar-refractivity contribution in [3.05, 3.63) is 161 Å². The van der Waals surface area contributed by atoms with Crippen LogP contribution in [-0.4, -0.2) is 9.97 Å². The lowest BCUT2D eigenvalue weighted by Gasteiger charge is -2.32. The van der Waals surface area contributed by atoms with E-state index < -0.39 is 0 Å². The largest absolute Gasteiger partial charge is 0.228 e. The average Bonchev–Trinajstić information content (AvgIpc) is 3.11. The van der Waals surface area contributed by atoms with E-state index in [1.54, 1.807) is 0 Å². The van der Waals surface area contributed by atoms with Crippen LogP contribution in [0.5, 0.6) is 0 Å². The van der Waals surface area contributed by atoms with E-state index in [0.717, 1.165) is 66.9 Å². The van der Waals surface area contributed by atoms with E-state index in [9.17, 15) is 0 Å². The molecule has 0 spiro atoms. The molecule has 0 amide bonds. The zero-order chi connectivity index (χ0) is 31.0. The van der Waals surface area contributed by atoms with Gasteiger partial charge in [-0.15, -0.1) is 0 Å². The molecule has 2 nitrogen and oxygen atoms in total. The Bertz CT molecular complexity index is 2000. The molecule has 0 N–H and O–H groups in total. The van der Waals surface area contributed by atoms with Crippen molar-refractivity contribution in [2.45, 2.75) is 52.4 Å². The summed E-state index contributed by atoms with van der Waals surface area (Å²) in [5, 5.41) is 0. The summed E-state index contributed by atoms with van der Waals surface area (Å²) in [5.74, 6) is 1.76. The third-order valence-electron chi connectivity index (χ3n) is 10.0. The molecule has 226 valence electrons. The number of allylic oxidation sites excluding steroid dienone is 18. The van der Waals surface area contributed by atoms with E-state index >= 15 is 0 Å². The van der Waals surface area contributed by atoms with Gasteiger partial charge in [0.05, 0.1) is 11.4 Å². The van der Waals surface area contributed by atoms with Gasteiger partial charge in [-0.1, -0.05) is 104 Å². The Kier molecular flexibility index (Phi) is 7.58. The molecule has 0 saturated heterocycles. The SMILES string of the molecule is CC1=CC(C)CC=C1c1cc(C2=C3CCC=CC3=C3C=CC=CC3C2)cc(-c2cc(C3=CC=CCC3)nc(-c3ccccc3)n2)c1. The highest BCUT2D eigenvalue weighted by Gasteiger charge is 2.29. The number of hydrogen-bond donors (Lipinski definition) is 0.